The van der Waals surface area contributed by atoms with Crippen molar-refractivity contribution in [2.75, 3.05) is 31.2 Å². The number of carbonyl (C=O) groups excluding carboxylic acids is 1. The molecule has 8 nitrogen and oxygen atoms in total. The number of nitrogens with one attached hydrogen (secondary N) is 1. The lowest BCUT2D eigenvalue weighted by Crippen LogP contribution is -2.38. The first kappa shape index (κ1) is 15.5. The Morgan fingerprint density at radius 2 is 2.04 bits per heavy atom. The highest BCUT2D eigenvalue weighted by atomic mass is 16.5. The Hall–Kier alpha value is -3.00. The van der Waals surface area contributed by atoms with Crippen LogP contribution in [0.25, 0.3) is 5.65 Å². The maximum atomic E-state index is 12.4. The summed E-state index contributed by atoms with van der Waals surface area (Å²) in [6, 6.07) is 7.29. The molecule has 0 aromatic carbocycles. The normalized spacial score (nSPS) is 14.6. The third-order valence-corrected chi connectivity index (χ3v) is 4.11. The highest BCUT2D eigenvalue weighted by molar-refractivity contribution is 5.92. The van der Waals surface area contributed by atoms with E-state index in [2.05, 4.69) is 25.3 Å². The molecule has 0 atom stereocenters. The average molecular weight is 338 g/mol. The van der Waals surface area contributed by atoms with Gasteiger partial charge in [0.1, 0.15) is 11.5 Å². The molecule has 3 aromatic rings. The molecule has 1 saturated heterocycles. The lowest BCUT2D eigenvalue weighted by Gasteiger charge is -2.29. The summed E-state index contributed by atoms with van der Waals surface area (Å²) < 4.78 is 6.97. The van der Waals surface area contributed by atoms with Gasteiger partial charge in [0, 0.05) is 43.8 Å². The number of amides is 1. The van der Waals surface area contributed by atoms with Crippen molar-refractivity contribution in [1.29, 1.82) is 0 Å². The second kappa shape index (κ2) is 6.86. The molecule has 0 unspecified atom stereocenters. The van der Waals surface area contributed by atoms with Crippen molar-refractivity contribution in [3.8, 4) is 0 Å². The van der Waals surface area contributed by atoms with E-state index in [1.807, 2.05) is 12.1 Å². The van der Waals surface area contributed by atoms with Crippen LogP contribution in [0.2, 0.25) is 0 Å². The van der Waals surface area contributed by atoms with Gasteiger partial charge in [0.15, 0.2) is 5.65 Å². The maximum Gasteiger partial charge on any atom is 0.272 e. The zero-order valence-electron chi connectivity index (χ0n) is 13.6. The quantitative estimate of drug-likeness (QED) is 0.760. The Balaban J connectivity index is 1.48. The van der Waals surface area contributed by atoms with E-state index in [0.717, 1.165) is 24.5 Å². The zero-order chi connectivity index (χ0) is 17.1. The van der Waals surface area contributed by atoms with Crippen molar-refractivity contribution in [2.24, 2.45) is 0 Å². The van der Waals surface area contributed by atoms with Crippen molar-refractivity contribution in [3.05, 3.63) is 54.1 Å². The zero-order valence-corrected chi connectivity index (χ0v) is 13.6. The first-order chi connectivity index (χ1) is 12.3. The molecule has 1 aliphatic heterocycles. The molecule has 3 aromatic heterocycles. The van der Waals surface area contributed by atoms with Crippen LogP contribution < -0.4 is 10.2 Å². The second-order valence-corrected chi connectivity index (χ2v) is 5.72. The SMILES string of the molecule is O=C(NCc1cccnc1N1CCOCC1)c1ccc2nccn2n1. The third kappa shape index (κ3) is 3.29. The predicted molar refractivity (Wildman–Crippen MR) is 91.4 cm³/mol. The topological polar surface area (TPSA) is 84.7 Å². The number of carbonyl (C=O) groups is 1. The van der Waals surface area contributed by atoms with Crippen molar-refractivity contribution in [1.82, 2.24) is 24.9 Å². The first-order valence-corrected chi connectivity index (χ1v) is 8.16. The summed E-state index contributed by atoms with van der Waals surface area (Å²) >= 11 is 0. The molecule has 1 fully saturated rings. The second-order valence-electron chi connectivity index (χ2n) is 5.72. The summed E-state index contributed by atoms with van der Waals surface area (Å²) in [5.41, 5.74) is 2.03. The Morgan fingerprint density at radius 3 is 2.92 bits per heavy atom. The molecular weight excluding hydrogens is 320 g/mol. The standard InChI is InChI=1S/C17H18N6O2/c24-17(14-3-4-15-18-6-7-23(15)21-14)20-12-13-2-1-5-19-16(13)22-8-10-25-11-9-22/h1-7H,8-12H2,(H,20,24). The summed E-state index contributed by atoms with van der Waals surface area (Å²) in [5, 5.41) is 7.18. The molecule has 0 bridgehead atoms. The van der Waals surface area contributed by atoms with Gasteiger partial charge in [-0.2, -0.15) is 5.10 Å². The van der Waals surface area contributed by atoms with Crippen molar-refractivity contribution in [2.45, 2.75) is 6.54 Å². The Labute approximate surface area is 144 Å². The van der Waals surface area contributed by atoms with Crippen LogP contribution in [0, 0.1) is 0 Å². The number of rotatable bonds is 4. The van der Waals surface area contributed by atoms with Gasteiger partial charge in [-0.25, -0.2) is 14.5 Å². The highest BCUT2D eigenvalue weighted by Crippen LogP contribution is 2.18. The van der Waals surface area contributed by atoms with Crippen LogP contribution in [-0.4, -0.2) is 51.8 Å². The number of hydrogen-bond donors (Lipinski definition) is 1. The summed E-state index contributed by atoms with van der Waals surface area (Å²) in [7, 11) is 0. The summed E-state index contributed by atoms with van der Waals surface area (Å²) in [6.45, 7) is 3.38. The molecule has 1 N–H and O–H groups in total. The molecule has 128 valence electrons. The number of ether oxygens (including phenoxy) is 1. The minimum absolute atomic E-state index is 0.229. The number of hydrogen-bond acceptors (Lipinski definition) is 6. The largest absolute Gasteiger partial charge is 0.378 e. The third-order valence-electron chi connectivity index (χ3n) is 4.11. The van der Waals surface area contributed by atoms with Gasteiger partial charge in [-0.1, -0.05) is 6.07 Å². The van der Waals surface area contributed by atoms with Gasteiger partial charge in [0.05, 0.1) is 13.2 Å². The minimum atomic E-state index is -0.229. The number of aromatic nitrogens is 4. The monoisotopic (exact) mass is 338 g/mol. The number of fused-ring (bicyclic) bond motifs is 1. The van der Waals surface area contributed by atoms with Gasteiger partial charge in [-0.15, -0.1) is 0 Å². The van der Waals surface area contributed by atoms with E-state index in [1.54, 1.807) is 35.2 Å². The van der Waals surface area contributed by atoms with Crippen molar-refractivity contribution in [3.63, 3.8) is 0 Å². The van der Waals surface area contributed by atoms with E-state index < -0.39 is 0 Å². The number of imidazole rings is 1. The molecule has 0 saturated carbocycles. The van der Waals surface area contributed by atoms with Crippen LogP contribution in [0.4, 0.5) is 5.82 Å². The van der Waals surface area contributed by atoms with Gasteiger partial charge < -0.3 is 15.0 Å². The average Bonchev–Trinajstić information content (AvgIpc) is 3.15. The van der Waals surface area contributed by atoms with Gasteiger partial charge in [0.25, 0.3) is 5.91 Å². The first-order valence-electron chi connectivity index (χ1n) is 8.16. The van der Waals surface area contributed by atoms with E-state index in [1.165, 1.54) is 0 Å². The fourth-order valence-corrected chi connectivity index (χ4v) is 2.83. The van der Waals surface area contributed by atoms with Crippen LogP contribution in [0.5, 0.6) is 0 Å². The molecule has 25 heavy (non-hydrogen) atoms. The van der Waals surface area contributed by atoms with E-state index in [-0.39, 0.29) is 5.91 Å². The molecule has 1 amide bonds. The van der Waals surface area contributed by atoms with Crippen LogP contribution >= 0.6 is 0 Å². The Kier molecular flexibility index (Phi) is 4.26. The molecule has 0 radical (unpaired) electrons. The number of nitrogens with zero attached hydrogens (tertiary/aromatic N) is 5. The van der Waals surface area contributed by atoms with E-state index in [0.29, 0.717) is 31.1 Å². The lowest BCUT2D eigenvalue weighted by molar-refractivity contribution is 0.0944. The van der Waals surface area contributed by atoms with E-state index in [4.69, 9.17) is 4.74 Å². The van der Waals surface area contributed by atoms with Crippen LogP contribution in [0.1, 0.15) is 16.1 Å². The molecule has 0 spiro atoms. The molecule has 4 heterocycles. The predicted octanol–water partition coefficient (Wildman–Crippen LogP) is 0.891. The summed E-state index contributed by atoms with van der Waals surface area (Å²) in [4.78, 5) is 23.2. The molecular formula is C17H18N6O2. The number of morpholine rings is 1. The van der Waals surface area contributed by atoms with Gasteiger partial charge in [-0.05, 0) is 18.2 Å². The van der Waals surface area contributed by atoms with Gasteiger partial charge >= 0.3 is 0 Å². The molecule has 4 rings (SSSR count). The Morgan fingerprint density at radius 1 is 1.16 bits per heavy atom. The summed E-state index contributed by atoms with van der Waals surface area (Å²) in [5.74, 6) is 0.663. The smallest absolute Gasteiger partial charge is 0.272 e. The van der Waals surface area contributed by atoms with Crippen molar-refractivity contribution < 1.29 is 9.53 Å². The van der Waals surface area contributed by atoms with Gasteiger partial charge in [0.2, 0.25) is 0 Å². The van der Waals surface area contributed by atoms with Crippen LogP contribution in [-0.2, 0) is 11.3 Å². The number of anilines is 1. The highest BCUT2D eigenvalue weighted by Gasteiger charge is 2.16. The van der Waals surface area contributed by atoms with Gasteiger partial charge in [-0.3, -0.25) is 4.79 Å². The lowest BCUT2D eigenvalue weighted by atomic mass is 10.2. The van der Waals surface area contributed by atoms with Crippen LogP contribution in [0.15, 0.2) is 42.9 Å². The fraction of sp³-hybridized carbons (Fsp3) is 0.294. The Bertz CT molecular complexity index is 887. The molecule has 0 aliphatic carbocycles. The number of pyridine rings is 1. The minimum Gasteiger partial charge on any atom is -0.378 e. The maximum absolute atomic E-state index is 12.4. The summed E-state index contributed by atoms with van der Waals surface area (Å²) in [6.07, 6.45) is 5.13. The van der Waals surface area contributed by atoms with Crippen LogP contribution in [0.3, 0.4) is 0 Å². The van der Waals surface area contributed by atoms with E-state index >= 15 is 0 Å². The van der Waals surface area contributed by atoms with Crippen molar-refractivity contribution >= 4 is 17.4 Å². The molecule has 1 aliphatic rings. The molecule has 8 heteroatoms. The fourth-order valence-electron chi connectivity index (χ4n) is 2.83. The van der Waals surface area contributed by atoms with E-state index in [9.17, 15) is 4.79 Å².